The van der Waals surface area contributed by atoms with Crippen molar-refractivity contribution in [1.82, 2.24) is 4.98 Å². The average molecular weight is 354 g/mol. The van der Waals surface area contributed by atoms with E-state index in [1.165, 1.54) is 9.71 Å². The first-order valence-corrected chi connectivity index (χ1v) is 9.24. The third kappa shape index (κ3) is 2.86. The maximum absolute atomic E-state index is 8.99. The van der Waals surface area contributed by atoms with Crippen LogP contribution in [0.15, 0.2) is 42.5 Å². The van der Waals surface area contributed by atoms with E-state index in [0.717, 1.165) is 37.1 Å². The number of hydrogen-bond donors (Lipinski definition) is 0. The molecule has 5 heteroatoms. The van der Waals surface area contributed by atoms with Crippen molar-refractivity contribution in [3.8, 4) is 6.07 Å². The number of fused-ring (bicyclic) bond motifs is 1. The summed E-state index contributed by atoms with van der Waals surface area (Å²) in [4.78, 5) is 7.16. The summed E-state index contributed by atoms with van der Waals surface area (Å²) in [5.74, 6) is 0.535. The van der Waals surface area contributed by atoms with Crippen LogP contribution in [-0.4, -0.2) is 18.1 Å². The van der Waals surface area contributed by atoms with Crippen LogP contribution in [0.5, 0.6) is 0 Å². The number of piperidine rings is 1. The molecule has 1 aromatic heterocycles. The van der Waals surface area contributed by atoms with Gasteiger partial charge in [0.05, 0.1) is 25.8 Å². The first kappa shape index (κ1) is 15.4. The van der Waals surface area contributed by atoms with Crippen molar-refractivity contribution in [3.63, 3.8) is 0 Å². The molecule has 0 atom stereocenters. The molecule has 0 unspecified atom stereocenters. The molecular weight excluding hydrogens is 338 g/mol. The molecule has 0 saturated carbocycles. The summed E-state index contributed by atoms with van der Waals surface area (Å²) in [5, 5.41) is 10.8. The number of hydrogen-bond acceptors (Lipinski definition) is 4. The summed E-state index contributed by atoms with van der Waals surface area (Å²) >= 11 is 7.98. The number of nitrogens with zero attached hydrogens (tertiary/aromatic N) is 3. The van der Waals surface area contributed by atoms with Gasteiger partial charge in [0.25, 0.3) is 0 Å². The molecule has 3 nitrogen and oxygen atoms in total. The van der Waals surface area contributed by atoms with Gasteiger partial charge < -0.3 is 4.90 Å². The zero-order valence-electron chi connectivity index (χ0n) is 13.1. The van der Waals surface area contributed by atoms with Crippen LogP contribution in [0.25, 0.3) is 10.2 Å². The van der Waals surface area contributed by atoms with Gasteiger partial charge in [-0.05, 0) is 43.2 Å². The standard InChI is InChI=1S/C19H16ClN3S/c20-16-11-15(6-5-14(16)12-21)23-9-7-13(8-10-23)19-22-17-3-1-2-4-18(17)24-19/h1-6,11,13H,7-10H2. The van der Waals surface area contributed by atoms with E-state index < -0.39 is 0 Å². The quantitative estimate of drug-likeness (QED) is 0.635. The van der Waals surface area contributed by atoms with E-state index >= 15 is 0 Å². The van der Waals surface area contributed by atoms with Gasteiger partial charge in [-0.25, -0.2) is 4.98 Å². The number of benzene rings is 2. The first-order chi connectivity index (χ1) is 11.7. The lowest BCUT2D eigenvalue weighted by Gasteiger charge is -2.33. The van der Waals surface area contributed by atoms with Gasteiger partial charge >= 0.3 is 0 Å². The molecule has 24 heavy (non-hydrogen) atoms. The van der Waals surface area contributed by atoms with Gasteiger partial charge in [0.1, 0.15) is 6.07 Å². The van der Waals surface area contributed by atoms with Crippen LogP contribution in [-0.2, 0) is 0 Å². The summed E-state index contributed by atoms with van der Waals surface area (Å²) in [6, 6.07) is 16.1. The predicted molar refractivity (Wildman–Crippen MR) is 100.0 cm³/mol. The van der Waals surface area contributed by atoms with E-state index in [9.17, 15) is 0 Å². The SMILES string of the molecule is N#Cc1ccc(N2CCC(c3nc4ccccc4s3)CC2)cc1Cl. The second kappa shape index (κ2) is 6.43. The Bertz CT molecular complexity index is 887. The molecule has 4 rings (SSSR count). The molecule has 1 fully saturated rings. The molecule has 0 amide bonds. The van der Waals surface area contributed by atoms with E-state index in [0.29, 0.717) is 16.5 Å². The van der Waals surface area contributed by atoms with Crippen molar-refractivity contribution in [3.05, 3.63) is 58.1 Å². The molecule has 0 bridgehead atoms. The third-order valence-corrected chi connectivity index (χ3v) is 6.10. The lowest BCUT2D eigenvalue weighted by molar-refractivity contribution is 0.504. The zero-order valence-corrected chi connectivity index (χ0v) is 14.6. The number of aromatic nitrogens is 1. The molecule has 120 valence electrons. The summed E-state index contributed by atoms with van der Waals surface area (Å²) in [5.41, 5.74) is 2.74. The smallest absolute Gasteiger partial charge is 0.101 e. The van der Waals surface area contributed by atoms with Crippen molar-refractivity contribution in [2.45, 2.75) is 18.8 Å². The molecule has 3 aromatic rings. The maximum atomic E-state index is 8.99. The Labute approximate surface area is 150 Å². The van der Waals surface area contributed by atoms with E-state index in [2.05, 4.69) is 29.2 Å². The van der Waals surface area contributed by atoms with Crippen molar-refractivity contribution < 1.29 is 0 Å². The summed E-state index contributed by atoms with van der Waals surface area (Å²) in [7, 11) is 0. The van der Waals surface area contributed by atoms with Crippen LogP contribution in [0.3, 0.4) is 0 Å². The van der Waals surface area contributed by atoms with Gasteiger partial charge in [0.2, 0.25) is 0 Å². The molecule has 2 aromatic carbocycles. The number of anilines is 1. The molecular formula is C19H16ClN3S. The first-order valence-electron chi connectivity index (χ1n) is 8.04. The van der Waals surface area contributed by atoms with Crippen LogP contribution < -0.4 is 4.90 Å². The van der Waals surface area contributed by atoms with Crippen LogP contribution in [0.4, 0.5) is 5.69 Å². The highest BCUT2D eigenvalue weighted by Crippen LogP contribution is 2.35. The number of para-hydroxylation sites is 1. The van der Waals surface area contributed by atoms with E-state index in [1.54, 1.807) is 6.07 Å². The Balaban J connectivity index is 1.48. The van der Waals surface area contributed by atoms with Crippen LogP contribution in [0.2, 0.25) is 5.02 Å². The normalized spacial score (nSPS) is 15.6. The van der Waals surface area contributed by atoms with Gasteiger partial charge in [-0.2, -0.15) is 5.26 Å². The Morgan fingerprint density at radius 3 is 2.67 bits per heavy atom. The Hall–Kier alpha value is -2.09. The van der Waals surface area contributed by atoms with Crippen molar-refractivity contribution in [2.75, 3.05) is 18.0 Å². The maximum Gasteiger partial charge on any atom is 0.101 e. The number of nitriles is 1. The van der Waals surface area contributed by atoms with Crippen LogP contribution in [0.1, 0.15) is 29.3 Å². The second-order valence-electron chi connectivity index (χ2n) is 6.06. The Kier molecular flexibility index (Phi) is 4.13. The summed E-state index contributed by atoms with van der Waals surface area (Å²) in [6.07, 6.45) is 2.19. The molecule has 0 aliphatic carbocycles. The van der Waals surface area contributed by atoms with E-state index in [1.807, 2.05) is 29.5 Å². The van der Waals surface area contributed by atoms with Crippen molar-refractivity contribution in [2.24, 2.45) is 0 Å². The minimum absolute atomic E-state index is 0.531. The van der Waals surface area contributed by atoms with Crippen molar-refractivity contribution >= 4 is 38.8 Å². The predicted octanol–water partition coefficient (Wildman–Crippen LogP) is 5.21. The molecule has 0 spiro atoms. The van der Waals surface area contributed by atoms with Gasteiger partial charge in [-0.15, -0.1) is 11.3 Å². The number of rotatable bonds is 2. The monoisotopic (exact) mass is 353 g/mol. The highest BCUT2D eigenvalue weighted by molar-refractivity contribution is 7.18. The van der Waals surface area contributed by atoms with Crippen LogP contribution >= 0.6 is 22.9 Å². The van der Waals surface area contributed by atoms with E-state index in [4.69, 9.17) is 21.8 Å². The highest BCUT2D eigenvalue weighted by Gasteiger charge is 2.23. The minimum atomic E-state index is 0.531. The third-order valence-electron chi connectivity index (χ3n) is 4.59. The largest absolute Gasteiger partial charge is 0.371 e. The molecule has 1 aliphatic heterocycles. The summed E-state index contributed by atoms with van der Waals surface area (Å²) in [6.45, 7) is 1.98. The number of thiazole rings is 1. The topological polar surface area (TPSA) is 39.9 Å². The minimum Gasteiger partial charge on any atom is -0.371 e. The Morgan fingerprint density at radius 1 is 1.17 bits per heavy atom. The van der Waals surface area contributed by atoms with Gasteiger partial charge in [0.15, 0.2) is 0 Å². The lowest BCUT2D eigenvalue weighted by atomic mass is 9.97. The van der Waals surface area contributed by atoms with Crippen LogP contribution in [0, 0.1) is 11.3 Å². The number of halogens is 1. The average Bonchev–Trinajstić information content (AvgIpc) is 3.06. The van der Waals surface area contributed by atoms with E-state index in [-0.39, 0.29) is 0 Å². The fourth-order valence-electron chi connectivity index (χ4n) is 3.24. The van der Waals surface area contributed by atoms with Gasteiger partial charge in [-0.3, -0.25) is 0 Å². The second-order valence-corrected chi connectivity index (χ2v) is 7.53. The molecule has 1 aliphatic rings. The van der Waals surface area contributed by atoms with Gasteiger partial charge in [0, 0.05) is 24.7 Å². The fourth-order valence-corrected chi connectivity index (χ4v) is 4.59. The highest BCUT2D eigenvalue weighted by atomic mass is 35.5. The zero-order chi connectivity index (χ0) is 16.5. The molecule has 0 radical (unpaired) electrons. The fraction of sp³-hybridized carbons (Fsp3) is 0.263. The summed E-state index contributed by atoms with van der Waals surface area (Å²) < 4.78 is 1.27. The molecule has 0 N–H and O–H groups in total. The molecule has 2 heterocycles. The molecule has 1 saturated heterocycles. The van der Waals surface area contributed by atoms with Gasteiger partial charge in [-0.1, -0.05) is 23.7 Å². The van der Waals surface area contributed by atoms with Crippen molar-refractivity contribution in [1.29, 1.82) is 5.26 Å². The lowest BCUT2D eigenvalue weighted by Crippen LogP contribution is -2.32. The Morgan fingerprint density at radius 2 is 1.96 bits per heavy atom.